The second kappa shape index (κ2) is 12.0. The second-order valence-electron chi connectivity index (χ2n) is 9.39. The van der Waals surface area contributed by atoms with Crippen molar-refractivity contribution in [2.75, 3.05) is 19.7 Å². The Balaban J connectivity index is 1.45. The summed E-state index contributed by atoms with van der Waals surface area (Å²) >= 11 is 0. The van der Waals surface area contributed by atoms with Crippen molar-refractivity contribution in [3.8, 4) is 0 Å². The van der Waals surface area contributed by atoms with Crippen LogP contribution >= 0.6 is 0 Å². The van der Waals surface area contributed by atoms with Gasteiger partial charge >= 0.3 is 0 Å². The molecule has 0 saturated carbocycles. The predicted octanol–water partition coefficient (Wildman–Crippen LogP) is 3.68. The van der Waals surface area contributed by atoms with E-state index >= 15 is 0 Å². The van der Waals surface area contributed by atoms with Gasteiger partial charge in [-0.15, -0.1) is 5.10 Å². The number of para-hydroxylation sites is 1. The third-order valence-corrected chi connectivity index (χ3v) is 6.78. The quantitative estimate of drug-likeness (QED) is 0.348. The zero-order chi connectivity index (χ0) is 26.3. The lowest BCUT2D eigenvalue weighted by atomic mass is 10.0. The van der Waals surface area contributed by atoms with Crippen molar-refractivity contribution in [2.45, 2.75) is 38.0 Å². The van der Waals surface area contributed by atoms with Gasteiger partial charge in [0.1, 0.15) is 23.9 Å². The normalized spacial score (nSPS) is 15.9. The number of ether oxygens (including phenoxy) is 1. The Hall–Kier alpha value is -4.11. The number of fused-ring (bicyclic) bond motifs is 1. The van der Waals surface area contributed by atoms with Crippen molar-refractivity contribution in [1.82, 2.24) is 25.2 Å². The van der Waals surface area contributed by atoms with E-state index in [-0.39, 0.29) is 31.0 Å². The SMILES string of the molecule is O=C(NCC1CCCO1)C(c1ccc(F)cc1)N(CCc1ccccc1)C(=O)Cn1nnc2ccccc21. The fourth-order valence-electron chi connectivity index (χ4n) is 4.78. The molecule has 8 nitrogen and oxygen atoms in total. The largest absolute Gasteiger partial charge is 0.376 e. The molecule has 2 heterocycles. The first-order chi connectivity index (χ1) is 18.6. The Morgan fingerprint density at radius 1 is 1.05 bits per heavy atom. The maximum absolute atomic E-state index is 13.9. The van der Waals surface area contributed by atoms with Gasteiger partial charge in [-0.2, -0.15) is 0 Å². The minimum absolute atomic E-state index is 0.0530. The second-order valence-corrected chi connectivity index (χ2v) is 9.39. The number of carbonyl (C=O) groups is 2. The number of hydrogen-bond donors (Lipinski definition) is 1. The number of hydrogen-bond acceptors (Lipinski definition) is 5. The molecule has 1 aromatic heterocycles. The van der Waals surface area contributed by atoms with Crippen LogP contribution in [0.5, 0.6) is 0 Å². The molecule has 4 aromatic rings. The minimum Gasteiger partial charge on any atom is -0.376 e. The molecule has 1 aliphatic rings. The van der Waals surface area contributed by atoms with Gasteiger partial charge < -0.3 is 15.0 Å². The van der Waals surface area contributed by atoms with Gasteiger partial charge in [-0.05, 0) is 54.7 Å². The molecule has 1 aliphatic heterocycles. The maximum Gasteiger partial charge on any atom is 0.247 e. The number of benzene rings is 3. The van der Waals surface area contributed by atoms with E-state index < -0.39 is 11.9 Å². The highest BCUT2D eigenvalue weighted by Gasteiger charge is 2.32. The standard InChI is InChI=1S/C29H30FN5O3/c30-23-14-12-22(13-15-23)28(29(37)31-19-24-9-6-18-38-24)34(17-16-21-7-2-1-3-8-21)27(36)20-35-26-11-5-4-10-25(26)32-33-35/h1-5,7-8,10-15,24,28H,6,9,16-20H2,(H,31,37). The number of carbonyl (C=O) groups excluding carboxylic acids is 2. The summed E-state index contributed by atoms with van der Waals surface area (Å²) in [6.45, 7) is 1.22. The van der Waals surface area contributed by atoms with Crippen LogP contribution < -0.4 is 5.32 Å². The van der Waals surface area contributed by atoms with Crippen LogP contribution in [0.2, 0.25) is 0 Å². The molecular formula is C29H30FN5O3. The van der Waals surface area contributed by atoms with Crippen LogP contribution in [-0.2, 0) is 27.3 Å². The fraction of sp³-hybridized carbons (Fsp3) is 0.310. The number of aromatic nitrogens is 3. The third-order valence-electron chi connectivity index (χ3n) is 6.78. The van der Waals surface area contributed by atoms with E-state index in [0.717, 1.165) is 23.9 Å². The topological polar surface area (TPSA) is 89.4 Å². The molecule has 2 amide bonds. The Kier molecular flexibility index (Phi) is 8.04. The average molecular weight is 516 g/mol. The summed E-state index contributed by atoms with van der Waals surface area (Å²) in [4.78, 5) is 29.1. The summed E-state index contributed by atoms with van der Waals surface area (Å²) in [6.07, 6.45) is 2.32. The highest BCUT2D eigenvalue weighted by molar-refractivity contribution is 5.89. The summed E-state index contributed by atoms with van der Waals surface area (Å²) in [5, 5.41) is 11.3. The highest BCUT2D eigenvalue weighted by atomic mass is 19.1. The Labute approximate surface area is 220 Å². The van der Waals surface area contributed by atoms with Gasteiger partial charge in [0.05, 0.1) is 11.6 Å². The van der Waals surface area contributed by atoms with E-state index in [1.165, 1.54) is 12.1 Å². The maximum atomic E-state index is 13.9. The van der Waals surface area contributed by atoms with Gasteiger partial charge in [-0.25, -0.2) is 9.07 Å². The smallest absolute Gasteiger partial charge is 0.247 e. The zero-order valence-electron chi connectivity index (χ0n) is 21.0. The van der Waals surface area contributed by atoms with Gasteiger partial charge in [-0.1, -0.05) is 59.8 Å². The lowest BCUT2D eigenvalue weighted by Crippen LogP contribution is -2.47. The van der Waals surface area contributed by atoms with E-state index in [9.17, 15) is 14.0 Å². The van der Waals surface area contributed by atoms with Gasteiger partial charge in [0.25, 0.3) is 0 Å². The third kappa shape index (κ3) is 6.06. The number of halogens is 1. The van der Waals surface area contributed by atoms with Gasteiger partial charge in [0.15, 0.2) is 0 Å². The van der Waals surface area contributed by atoms with E-state index in [1.807, 2.05) is 54.6 Å². The van der Waals surface area contributed by atoms with E-state index in [1.54, 1.807) is 21.7 Å². The molecule has 196 valence electrons. The molecule has 1 fully saturated rings. The summed E-state index contributed by atoms with van der Waals surface area (Å²) in [5.41, 5.74) is 2.97. The lowest BCUT2D eigenvalue weighted by Gasteiger charge is -2.32. The number of amides is 2. The van der Waals surface area contributed by atoms with Crippen molar-refractivity contribution in [3.63, 3.8) is 0 Å². The van der Waals surface area contributed by atoms with Gasteiger partial charge in [0, 0.05) is 19.7 Å². The van der Waals surface area contributed by atoms with Crippen molar-refractivity contribution < 1.29 is 18.7 Å². The van der Waals surface area contributed by atoms with E-state index in [2.05, 4.69) is 15.6 Å². The van der Waals surface area contributed by atoms with Crippen LogP contribution in [0.4, 0.5) is 4.39 Å². The predicted molar refractivity (Wildman–Crippen MR) is 141 cm³/mol. The van der Waals surface area contributed by atoms with Crippen molar-refractivity contribution in [2.24, 2.45) is 0 Å². The molecule has 0 spiro atoms. The molecule has 38 heavy (non-hydrogen) atoms. The van der Waals surface area contributed by atoms with Crippen LogP contribution in [0, 0.1) is 5.82 Å². The molecule has 5 rings (SSSR count). The van der Waals surface area contributed by atoms with Crippen LogP contribution in [0.3, 0.4) is 0 Å². The first kappa shape index (κ1) is 25.5. The van der Waals surface area contributed by atoms with Gasteiger partial charge in [0.2, 0.25) is 11.8 Å². The molecule has 0 bridgehead atoms. The molecule has 0 radical (unpaired) electrons. The molecule has 0 aliphatic carbocycles. The number of rotatable bonds is 10. The number of nitrogens with one attached hydrogen (secondary N) is 1. The molecule has 2 atom stereocenters. The Morgan fingerprint density at radius 2 is 1.82 bits per heavy atom. The summed E-state index contributed by atoms with van der Waals surface area (Å²) < 4.78 is 21.0. The van der Waals surface area contributed by atoms with Crippen LogP contribution in [-0.4, -0.2) is 57.5 Å². The van der Waals surface area contributed by atoms with Crippen molar-refractivity contribution in [3.05, 3.63) is 95.8 Å². The average Bonchev–Trinajstić information content (AvgIpc) is 3.61. The number of nitrogens with zero attached hydrogens (tertiary/aromatic N) is 4. The Bertz CT molecular complexity index is 1370. The summed E-state index contributed by atoms with van der Waals surface area (Å²) in [7, 11) is 0. The highest BCUT2D eigenvalue weighted by Crippen LogP contribution is 2.24. The monoisotopic (exact) mass is 515 g/mol. The van der Waals surface area contributed by atoms with Crippen LogP contribution in [0.25, 0.3) is 11.0 Å². The molecular weight excluding hydrogens is 485 g/mol. The molecule has 1 saturated heterocycles. The summed E-state index contributed by atoms with van der Waals surface area (Å²) in [6, 6.07) is 21.9. The first-order valence-corrected chi connectivity index (χ1v) is 12.8. The van der Waals surface area contributed by atoms with E-state index in [4.69, 9.17) is 4.74 Å². The summed E-state index contributed by atoms with van der Waals surface area (Å²) in [5.74, 6) is -1.04. The zero-order valence-corrected chi connectivity index (χ0v) is 21.0. The van der Waals surface area contributed by atoms with E-state index in [0.29, 0.717) is 30.7 Å². The molecule has 2 unspecified atom stereocenters. The molecule has 3 aromatic carbocycles. The van der Waals surface area contributed by atoms with Crippen molar-refractivity contribution in [1.29, 1.82) is 0 Å². The molecule has 9 heteroatoms. The fourth-order valence-corrected chi connectivity index (χ4v) is 4.78. The molecule has 1 N–H and O–H groups in total. The van der Waals surface area contributed by atoms with Crippen molar-refractivity contribution >= 4 is 22.8 Å². The van der Waals surface area contributed by atoms with Crippen LogP contribution in [0.15, 0.2) is 78.9 Å². The Morgan fingerprint density at radius 3 is 2.58 bits per heavy atom. The minimum atomic E-state index is -0.956. The van der Waals surface area contributed by atoms with Gasteiger partial charge in [-0.3, -0.25) is 9.59 Å². The lowest BCUT2D eigenvalue weighted by molar-refractivity contribution is -0.141. The first-order valence-electron chi connectivity index (χ1n) is 12.8. The van der Waals surface area contributed by atoms with Crippen LogP contribution in [0.1, 0.15) is 30.0 Å².